The second-order valence-corrected chi connectivity index (χ2v) is 6.65. The fourth-order valence-electron chi connectivity index (χ4n) is 2.55. The van der Waals surface area contributed by atoms with Crippen molar-refractivity contribution in [3.8, 4) is 5.75 Å². The van der Waals surface area contributed by atoms with Gasteiger partial charge in [0.15, 0.2) is 11.5 Å². The summed E-state index contributed by atoms with van der Waals surface area (Å²) in [6.45, 7) is 7.21. The maximum atomic E-state index is 11.8. The fraction of sp³-hybridized carbons (Fsp3) is 0.667. The van der Waals surface area contributed by atoms with Gasteiger partial charge in [0, 0.05) is 27.1 Å². The van der Waals surface area contributed by atoms with Crippen molar-refractivity contribution in [3.05, 3.63) is 4.88 Å². The van der Waals surface area contributed by atoms with Gasteiger partial charge in [-0.2, -0.15) is 0 Å². The van der Waals surface area contributed by atoms with Crippen molar-refractivity contribution in [1.82, 2.24) is 0 Å². The molecule has 0 saturated carbocycles. The number of nitrogens with two attached hydrogens (primary N) is 1. The van der Waals surface area contributed by atoms with Gasteiger partial charge in [0.05, 0.1) is 22.8 Å². The number of rotatable bonds is 5. The van der Waals surface area contributed by atoms with E-state index in [4.69, 9.17) is 15.2 Å². The molecule has 0 amide bonds. The van der Waals surface area contributed by atoms with Gasteiger partial charge in [0.1, 0.15) is 5.00 Å². The van der Waals surface area contributed by atoms with Crippen molar-refractivity contribution >= 4 is 27.8 Å². The molecule has 2 N–H and O–H groups in total. The molecule has 6 heteroatoms. The summed E-state index contributed by atoms with van der Waals surface area (Å²) in [5, 5.41) is 0.952. The van der Waals surface area contributed by atoms with E-state index in [1.54, 1.807) is 14.0 Å². The molecule has 1 aromatic rings. The van der Waals surface area contributed by atoms with Crippen LogP contribution in [0.15, 0.2) is 0 Å². The number of carbonyl (C=O) groups excluding carboxylic acids is 1. The molecule has 118 valence electrons. The molecule has 0 aromatic carbocycles. The average Bonchev–Trinajstić information content (AvgIpc) is 2.76. The highest BCUT2D eigenvalue weighted by Crippen LogP contribution is 2.46. The number of nitrogen functional groups attached to an aromatic ring is 1. The molecular formula is C15H24N2O3S. The minimum Gasteiger partial charge on any atom is -0.486 e. The number of ether oxygens (including phenoxy) is 2. The normalized spacial score (nSPS) is 19.1. The molecule has 0 aliphatic carbocycles. The first-order chi connectivity index (χ1) is 9.93. The van der Waals surface area contributed by atoms with E-state index in [9.17, 15) is 4.79 Å². The Kier molecular flexibility index (Phi) is 5.11. The number of nitrogens with zero attached hydrogens (tertiary/aromatic N) is 1. The minimum absolute atomic E-state index is 0.0161. The van der Waals surface area contributed by atoms with Gasteiger partial charge in [0.25, 0.3) is 0 Å². The SMILES string of the molecule is COC1CCCN(c2sc(C(C)=O)c(N)c2OC(C)C)C1. The molecule has 1 aliphatic heterocycles. The summed E-state index contributed by atoms with van der Waals surface area (Å²) in [6.07, 6.45) is 2.36. The van der Waals surface area contributed by atoms with Crippen LogP contribution < -0.4 is 15.4 Å². The first-order valence-electron chi connectivity index (χ1n) is 7.31. The van der Waals surface area contributed by atoms with Crippen LogP contribution in [0.5, 0.6) is 5.75 Å². The van der Waals surface area contributed by atoms with Crippen molar-refractivity contribution in [2.75, 3.05) is 30.8 Å². The molecule has 1 saturated heterocycles. The molecule has 21 heavy (non-hydrogen) atoms. The Morgan fingerprint density at radius 2 is 2.19 bits per heavy atom. The molecule has 1 atom stereocenters. The van der Waals surface area contributed by atoms with E-state index in [1.807, 2.05) is 13.8 Å². The number of piperidine rings is 1. The summed E-state index contributed by atoms with van der Waals surface area (Å²) in [4.78, 5) is 14.6. The van der Waals surface area contributed by atoms with E-state index in [2.05, 4.69) is 4.90 Å². The van der Waals surface area contributed by atoms with Gasteiger partial charge >= 0.3 is 0 Å². The van der Waals surface area contributed by atoms with Gasteiger partial charge < -0.3 is 20.1 Å². The molecule has 1 aromatic heterocycles. The van der Waals surface area contributed by atoms with Crippen LogP contribution >= 0.6 is 11.3 Å². The van der Waals surface area contributed by atoms with Crippen molar-refractivity contribution in [3.63, 3.8) is 0 Å². The number of hydrogen-bond donors (Lipinski definition) is 1. The fourth-order valence-corrected chi connectivity index (χ4v) is 3.64. The molecule has 0 bridgehead atoms. The number of thiophene rings is 1. The minimum atomic E-state index is -0.0161. The third-order valence-corrected chi connectivity index (χ3v) is 4.90. The van der Waals surface area contributed by atoms with Crippen LogP contribution in [0.1, 0.15) is 43.3 Å². The highest BCUT2D eigenvalue weighted by Gasteiger charge is 2.28. The lowest BCUT2D eigenvalue weighted by Crippen LogP contribution is -2.39. The summed E-state index contributed by atoms with van der Waals surface area (Å²) in [6, 6.07) is 0. The van der Waals surface area contributed by atoms with Crippen LogP contribution in [0.3, 0.4) is 0 Å². The first kappa shape index (κ1) is 16.1. The van der Waals surface area contributed by atoms with Gasteiger partial charge in [-0.25, -0.2) is 0 Å². The predicted octanol–water partition coefficient (Wildman–Crippen LogP) is 2.94. The quantitative estimate of drug-likeness (QED) is 0.847. The lowest BCUT2D eigenvalue weighted by atomic mass is 10.1. The van der Waals surface area contributed by atoms with Crippen molar-refractivity contribution < 1.29 is 14.3 Å². The van der Waals surface area contributed by atoms with Crippen LogP contribution in [0.4, 0.5) is 10.7 Å². The van der Waals surface area contributed by atoms with E-state index in [0.29, 0.717) is 16.3 Å². The van der Waals surface area contributed by atoms with Crippen molar-refractivity contribution in [2.45, 2.75) is 45.8 Å². The van der Waals surface area contributed by atoms with Crippen LogP contribution in [0.2, 0.25) is 0 Å². The predicted molar refractivity (Wildman–Crippen MR) is 86.7 cm³/mol. The highest BCUT2D eigenvalue weighted by molar-refractivity contribution is 7.19. The Labute approximate surface area is 130 Å². The Bertz CT molecular complexity index is 513. The van der Waals surface area contributed by atoms with Gasteiger partial charge in [-0.15, -0.1) is 11.3 Å². The second kappa shape index (κ2) is 6.66. The summed E-state index contributed by atoms with van der Waals surface area (Å²) in [7, 11) is 1.74. The van der Waals surface area contributed by atoms with Crippen molar-refractivity contribution in [2.24, 2.45) is 0 Å². The molecular weight excluding hydrogens is 288 g/mol. The summed E-state index contributed by atoms with van der Waals surface area (Å²) >= 11 is 1.43. The van der Waals surface area contributed by atoms with Crippen LogP contribution in [0, 0.1) is 0 Å². The van der Waals surface area contributed by atoms with Crippen molar-refractivity contribution in [1.29, 1.82) is 0 Å². The molecule has 5 nitrogen and oxygen atoms in total. The number of Topliss-reactive ketones (excluding diaryl/α,β-unsaturated/α-hetero) is 1. The second-order valence-electron chi connectivity index (χ2n) is 5.65. The summed E-state index contributed by atoms with van der Waals surface area (Å²) in [5.41, 5.74) is 6.60. The molecule has 1 unspecified atom stereocenters. The monoisotopic (exact) mass is 312 g/mol. The van der Waals surface area contributed by atoms with E-state index in [1.165, 1.54) is 11.3 Å². The lowest BCUT2D eigenvalue weighted by molar-refractivity contribution is 0.0893. The number of anilines is 2. The lowest BCUT2D eigenvalue weighted by Gasteiger charge is -2.33. The molecule has 2 rings (SSSR count). The maximum absolute atomic E-state index is 11.8. The number of hydrogen-bond acceptors (Lipinski definition) is 6. The largest absolute Gasteiger partial charge is 0.486 e. The Hall–Kier alpha value is -1.27. The number of carbonyl (C=O) groups is 1. The van der Waals surface area contributed by atoms with E-state index < -0.39 is 0 Å². The van der Waals surface area contributed by atoms with E-state index in [0.717, 1.165) is 30.9 Å². The maximum Gasteiger partial charge on any atom is 0.177 e. The van der Waals surface area contributed by atoms with E-state index >= 15 is 0 Å². The standard InChI is InChI=1S/C15H24N2O3S/c1-9(2)20-13-12(16)14(10(3)18)21-15(13)17-7-5-6-11(8-17)19-4/h9,11H,5-8,16H2,1-4H3. The first-order valence-corrected chi connectivity index (χ1v) is 8.13. The average molecular weight is 312 g/mol. The van der Waals surface area contributed by atoms with Crippen LogP contribution in [-0.4, -0.2) is 38.2 Å². The zero-order valence-corrected chi connectivity index (χ0v) is 14.0. The molecule has 1 fully saturated rings. The van der Waals surface area contributed by atoms with Gasteiger partial charge in [0.2, 0.25) is 0 Å². The summed E-state index contributed by atoms with van der Waals surface area (Å²) < 4.78 is 11.4. The molecule has 0 spiro atoms. The van der Waals surface area contributed by atoms with Gasteiger partial charge in [-0.05, 0) is 26.7 Å². The molecule has 1 aliphatic rings. The Balaban J connectivity index is 2.36. The van der Waals surface area contributed by atoms with Gasteiger partial charge in [-0.3, -0.25) is 4.79 Å². The molecule has 2 heterocycles. The Morgan fingerprint density at radius 1 is 1.48 bits per heavy atom. The summed E-state index contributed by atoms with van der Waals surface area (Å²) in [5.74, 6) is 0.634. The zero-order chi connectivity index (χ0) is 15.6. The molecule has 0 radical (unpaired) electrons. The number of ketones is 1. The highest BCUT2D eigenvalue weighted by atomic mass is 32.1. The van der Waals surface area contributed by atoms with Crippen LogP contribution in [-0.2, 0) is 4.74 Å². The number of methoxy groups -OCH3 is 1. The zero-order valence-electron chi connectivity index (χ0n) is 13.1. The third-order valence-electron chi connectivity index (χ3n) is 3.55. The van der Waals surface area contributed by atoms with Gasteiger partial charge in [-0.1, -0.05) is 0 Å². The third kappa shape index (κ3) is 3.49. The topological polar surface area (TPSA) is 64.8 Å². The Morgan fingerprint density at radius 3 is 2.76 bits per heavy atom. The van der Waals surface area contributed by atoms with E-state index in [-0.39, 0.29) is 18.0 Å². The smallest absolute Gasteiger partial charge is 0.177 e. The van der Waals surface area contributed by atoms with Crippen LogP contribution in [0.25, 0.3) is 0 Å².